The fraction of sp³-hybridized carbons (Fsp3) is 0.462. The molecule has 0 saturated carbocycles. The molecule has 1 atom stereocenters. The SMILES string of the molecule is Cc1noc(C)c1C(C)n1c(=S)[nH]c2c(C)nn(C)c21. The Balaban J connectivity index is 2.30. The minimum Gasteiger partial charge on any atom is -0.361 e. The molecule has 0 saturated heterocycles. The number of imidazole rings is 1. The van der Waals surface area contributed by atoms with E-state index in [4.69, 9.17) is 16.7 Å². The Bertz CT molecular complexity index is 831. The van der Waals surface area contributed by atoms with Crippen molar-refractivity contribution in [2.45, 2.75) is 33.7 Å². The summed E-state index contributed by atoms with van der Waals surface area (Å²) >= 11 is 5.48. The fourth-order valence-electron chi connectivity index (χ4n) is 2.91. The van der Waals surface area contributed by atoms with Crippen LogP contribution in [0.15, 0.2) is 4.52 Å². The fourth-order valence-corrected chi connectivity index (χ4v) is 3.25. The zero-order chi connectivity index (χ0) is 14.6. The number of aromatic nitrogens is 5. The minimum absolute atomic E-state index is 0.0392. The van der Waals surface area contributed by atoms with Gasteiger partial charge in [0.05, 0.1) is 17.4 Å². The third-order valence-corrected chi connectivity index (χ3v) is 4.06. The Morgan fingerprint density at radius 1 is 1.25 bits per heavy atom. The van der Waals surface area contributed by atoms with Gasteiger partial charge in [0.1, 0.15) is 11.3 Å². The molecule has 0 radical (unpaired) electrons. The third-order valence-electron chi connectivity index (χ3n) is 3.76. The van der Waals surface area contributed by atoms with Gasteiger partial charge in [-0.2, -0.15) is 5.10 Å². The van der Waals surface area contributed by atoms with E-state index < -0.39 is 0 Å². The van der Waals surface area contributed by atoms with Crippen molar-refractivity contribution in [1.29, 1.82) is 0 Å². The largest absolute Gasteiger partial charge is 0.361 e. The van der Waals surface area contributed by atoms with Crippen LogP contribution in [0.5, 0.6) is 0 Å². The van der Waals surface area contributed by atoms with E-state index in [0.29, 0.717) is 4.77 Å². The highest BCUT2D eigenvalue weighted by Crippen LogP contribution is 2.29. The Morgan fingerprint density at radius 2 is 1.95 bits per heavy atom. The molecule has 3 aromatic heterocycles. The van der Waals surface area contributed by atoms with E-state index in [-0.39, 0.29) is 6.04 Å². The van der Waals surface area contributed by atoms with Crippen LogP contribution in [-0.4, -0.2) is 24.5 Å². The molecule has 3 rings (SSSR count). The van der Waals surface area contributed by atoms with Gasteiger partial charge in [-0.3, -0.25) is 9.25 Å². The van der Waals surface area contributed by atoms with Gasteiger partial charge in [-0.05, 0) is 39.9 Å². The molecular formula is C13H17N5OS. The van der Waals surface area contributed by atoms with Crippen molar-refractivity contribution in [3.05, 3.63) is 27.5 Å². The van der Waals surface area contributed by atoms with Crippen molar-refractivity contribution in [1.82, 2.24) is 24.5 Å². The van der Waals surface area contributed by atoms with Crippen LogP contribution in [-0.2, 0) is 7.05 Å². The average Bonchev–Trinajstić information content (AvgIpc) is 2.96. The zero-order valence-corrected chi connectivity index (χ0v) is 13.0. The first kappa shape index (κ1) is 13.1. The molecular weight excluding hydrogens is 274 g/mol. The predicted molar refractivity (Wildman–Crippen MR) is 78.4 cm³/mol. The smallest absolute Gasteiger partial charge is 0.179 e. The number of aryl methyl sites for hydroxylation is 4. The predicted octanol–water partition coefficient (Wildman–Crippen LogP) is 2.95. The van der Waals surface area contributed by atoms with E-state index in [1.807, 2.05) is 32.5 Å². The average molecular weight is 291 g/mol. The van der Waals surface area contributed by atoms with Crippen molar-refractivity contribution in [3.63, 3.8) is 0 Å². The lowest BCUT2D eigenvalue weighted by Gasteiger charge is -2.14. The summed E-state index contributed by atoms with van der Waals surface area (Å²) in [4.78, 5) is 3.24. The van der Waals surface area contributed by atoms with Crippen LogP contribution in [0.4, 0.5) is 0 Å². The molecule has 3 heterocycles. The highest BCUT2D eigenvalue weighted by Gasteiger charge is 2.23. The summed E-state index contributed by atoms with van der Waals surface area (Å²) < 4.78 is 9.88. The Labute approximate surface area is 121 Å². The summed E-state index contributed by atoms with van der Waals surface area (Å²) in [6.45, 7) is 7.94. The number of hydrogen-bond donors (Lipinski definition) is 1. The van der Waals surface area contributed by atoms with E-state index in [9.17, 15) is 0 Å². The summed E-state index contributed by atoms with van der Waals surface area (Å²) in [6.07, 6.45) is 0. The molecule has 0 bridgehead atoms. The number of fused-ring (bicyclic) bond motifs is 1. The normalized spacial score (nSPS) is 13.2. The van der Waals surface area contributed by atoms with Gasteiger partial charge in [-0.1, -0.05) is 5.16 Å². The second-order valence-electron chi connectivity index (χ2n) is 5.12. The Hall–Kier alpha value is -1.89. The van der Waals surface area contributed by atoms with Crippen LogP contribution in [0.2, 0.25) is 0 Å². The summed E-state index contributed by atoms with van der Waals surface area (Å²) in [6, 6.07) is 0.0392. The number of aromatic amines is 1. The van der Waals surface area contributed by atoms with Crippen LogP contribution in [0.3, 0.4) is 0 Å². The van der Waals surface area contributed by atoms with Crippen LogP contribution in [0.1, 0.15) is 35.7 Å². The first-order chi connectivity index (χ1) is 9.41. The summed E-state index contributed by atoms with van der Waals surface area (Å²) in [5.74, 6) is 0.824. The summed E-state index contributed by atoms with van der Waals surface area (Å²) in [7, 11) is 1.93. The molecule has 0 aromatic carbocycles. The molecule has 0 aliphatic rings. The number of rotatable bonds is 2. The first-order valence-corrected chi connectivity index (χ1v) is 6.89. The first-order valence-electron chi connectivity index (χ1n) is 6.48. The lowest BCUT2D eigenvalue weighted by molar-refractivity contribution is 0.391. The van der Waals surface area contributed by atoms with Crippen LogP contribution < -0.4 is 0 Å². The standard InChI is InChI=1S/C13H17N5OS/c1-6-10(9(4)19-16-6)8(3)18-12-11(14-13(18)20)7(2)15-17(12)5/h8H,1-5H3,(H,14,20). The van der Waals surface area contributed by atoms with Gasteiger partial charge < -0.3 is 9.51 Å². The number of nitrogens with one attached hydrogen (secondary N) is 1. The van der Waals surface area contributed by atoms with Gasteiger partial charge in [0, 0.05) is 12.6 Å². The lowest BCUT2D eigenvalue weighted by atomic mass is 10.1. The van der Waals surface area contributed by atoms with Gasteiger partial charge in [0.2, 0.25) is 0 Å². The van der Waals surface area contributed by atoms with E-state index in [1.165, 1.54) is 0 Å². The molecule has 0 aliphatic heterocycles. The van der Waals surface area contributed by atoms with Crippen LogP contribution >= 0.6 is 12.2 Å². The highest BCUT2D eigenvalue weighted by molar-refractivity contribution is 7.71. The van der Waals surface area contributed by atoms with Crippen molar-refractivity contribution >= 4 is 23.4 Å². The molecule has 0 amide bonds. The quantitative estimate of drug-likeness (QED) is 0.737. The van der Waals surface area contributed by atoms with Gasteiger partial charge in [0.25, 0.3) is 0 Å². The molecule has 0 aliphatic carbocycles. The van der Waals surface area contributed by atoms with E-state index in [1.54, 1.807) is 0 Å². The second-order valence-corrected chi connectivity index (χ2v) is 5.51. The Kier molecular flexibility index (Phi) is 2.82. The van der Waals surface area contributed by atoms with Crippen molar-refractivity contribution in [2.75, 3.05) is 0 Å². The van der Waals surface area contributed by atoms with Gasteiger partial charge >= 0.3 is 0 Å². The summed E-state index contributed by atoms with van der Waals surface area (Å²) in [5.41, 5.74) is 4.88. The maximum absolute atomic E-state index is 5.48. The number of hydrogen-bond acceptors (Lipinski definition) is 4. The van der Waals surface area contributed by atoms with Gasteiger partial charge in [-0.15, -0.1) is 0 Å². The summed E-state index contributed by atoms with van der Waals surface area (Å²) in [5, 5.41) is 8.47. The molecule has 0 fully saturated rings. The third kappa shape index (κ3) is 1.66. The molecule has 3 aromatic rings. The number of nitrogens with zero attached hydrogens (tertiary/aromatic N) is 4. The second kappa shape index (κ2) is 4.31. The lowest BCUT2D eigenvalue weighted by Crippen LogP contribution is -2.11. The topological polar surface area (TPSA) is 64.6 Å². The molecule has 0 spiro atoms. The molecule has 1 unspecified atom stereocenters. The maximum atomic E-state index is 5.48. The monoisotopic (exact) mass is 291 g/mol. The molecule has 7 heteroatoms. The minimum atomic E-state index is 0.0392. The maximum Gasteiger partial charge on any atom is 0.179 e. The van der Waals surface area contributed by atoms with Crippen LogP contribution in [0.25, 0.3) is 11.2 Å². The molecule has 1 N–H and O–H groups in total. The van der Waals surface area contributed by atoms with E-state index in [2.05, 4.69) is 26.7 Å². The van der Waals surface area contributed by atoms with Gasteiger partial charge in [-0.25, -0.2) is 0 Å². The van der Waals surface area contributed by atoms with Crippen molar-refractivity contribution in [2.24, 2.45) is 7.05 Å². The van der Waals surface area contributed by atoms with Crippen molar-refractivity contribution in [3.8, 4) is 0 Å². The van der Waals surface area contributed by atoms with Gasteiger partial charge in [0.15, 0.2) is 10.4 Å². The number of H-pyrrole nitrogens is 1. The molecule has 106 valence electrons. The highest BCUT2D eigenvalue weighted by atomic mass is 32.1. The zero-order valence-electron chi connectivity index (χ0n) is 12.2. The van der Waals surface area contributed by atoms with Crippen molar-refractivity contribution < 1.29 is 4.52 Å². The molecule has 6 nitrogen and oxygen atoms in total. The van der Waals surface area contributed by atoms with Crippen LogP contribution in [0, 0.1) is 25.5 Å². The van der Waals surface area contributed by atoms with E-state index >= 15 is 0 Å². The Morgan fingerprint density at radius 3 is 2.55 bits per heavy atom. The molecule has 20 heavy (non-hydrogen) atoms. The van der Waals surface area contributed by atoms with E-state index in [0.717, 1.165) is 33.9 Å².